The first kappa shape index (κ1) is 15.6. The normalized spacial score (nSPS) is 15.4. The summed E-state index contributed by atoms with van der Waals surface area (Å²) in [7, 11) is 0. The molecule has 1 aliphatic heterocycles. The van der Waals surface area contributed by atoms with Crippen LogP contribution in [-0.4, -0.2) is 43.2 Å². The van der Waals surface area contributed by atoms with Gasteiger partial charge in [0.15, 0.2) is 5.11 Å². The Kier molecular flexibility index (Phi) is 7.12. The molecule has 0 unspecified atom stereocenters. The van der Waals surface area contributed by atoms with Crippen molar-refractivity contribution in [1.29, 1.82) is 0 Å². The summed E-state index contributed by atoms with van der Waals surface area (Å²) in [5.41, 5.74) is 5.11. The smallest absolute Gasteiger partial charge is 0.325 e. The second-order valence-corrected chi connectivity index (χ2v) is 4.53. The van der Waals surface area contributed by atoms with Crippen molar-refractivity contribution < 1.29 is 14.3 Å². The SMILES string of the molecule is CCOC(=O)CNC(=S)NNC(=O)C1CCNCC1. The standard InChI is InChI=1S/C11H20N4O3S/c1-2-18-9(16)7-13-11(19)15-14-10(17)8-3-5-12-6-4-8/h8,12H,2-7H2,1H3,(H,14,17)(H2,13,15,19). The lowest BCUT2D eigenvalue weighted by Crippen LogP contribution is -2.50. The first-order chi connectivity index (χ1) is 9.13. The van der Waals surface area contributed by atoms with E-state index in [1.165, 1.54) is 0 Å². The van der Waals surface area contributed by atoms with Crippen molar-refractivity contribution >= 4 is 29.2 Å². The van der Waals surface area contributed by atoms with Crippen LogP contribution in [0.1, 0.15) is 19.8 Å². The highest BCUT2D eigenvalue weighted by atomic mass is 32.1. The van der Waals surface area contributed by atoms with E-state index in [1.807, 2.05) is 0 Å². The minimum atomic E-state index is -0.392. The van der Waals surface area contributed by atoms with Gasteiger partial charge in [-0.2, -0.15) is 0 Å². The number of carbonyl (C=O) groups excluding carboxylic acids is 2. The average Bonchev–Trinajstić information content (AvgIpc) is 2.44. The number of hydrazine groups is 1. The van der Waals surface area contributed by atoms with Gasteiger partial charge < -0.3 is 15.4 Å². The van der Waals surface area contributed by atoms with Crippen LogP contribution in [-0.2, 0) is 14.3 Å². The fraction of sp³-hybridized carbons (Fsp3) is 0.727. The molecule has 0 bridgehead atoms. The Balaban J connectivity index is 2.15. The molecular formula is C11H20N4O3S. The average molecular weight is 288 g/mol. The summed E-state index contributed by atoms with van der Waals surface area (Å²) in [4.78, 5) is 22.8. The second kappa shape index (κ2) is 8.65. The summed E-state index contributed by atoms with van der Waals surface area (Å²) in [6.45, 7) is 3.73. The third kappa shape index (κ3) is 6.35. The largest absolute Gasteiger partial charge is 0.465 e. The number of ether oxygens (including phenoxy) is 1. The van der Waals surface area contributed by atoms with E-state index in [0.29, 0.717) is 6.61 Å². The summed E-state index contributed by atoms with van der Waals surface area (Å²) in [5.74, 6) is -0.472. The van der Waals surface area contributed by atoms with Gasteiger partial charge in [-0.15, -0.1) is 0 Å². The summed E-state index contributed by atoms with van der Waals surface area (Å²) >= 11 is 4.92. The van der Waals surface area contributed by atoms with Crippen LogP contribution in [0.4, 0.5) is 0 Å². The van der Waals surface area contributed by atoms with E-state index < -0.39 is 5.97 Å². The van der Waals surface area contributed by atoms with Crippen LogP contribution in [0.25, 0.3) is 0 Å². The molecule has 7 nitrogen and oxygen atoms in total. The predicted octanol–water partition coefficient (Wildman–Crippen LogP) is -0.956. The molecule has 0 radical (unpaired) electrons. The fourth-order valence-corrected chi connectivity index (χ4v) is 1.84. The van der Waals surface area contributed by atoms with Gasteiger partial charge in [-0.25, -0.2) is 0 Å². The molecule has 108 valence electrons. The lowest BCUT2D eigenvalue weighted by atomic mass is 9.98. The molecule has 1 heterocycles. The van der Waals surface area contributed by atoms with Gasteiger partial charge >= 0.3 is 5.97 Å². The van der Waals surface area contributed by atoms with Crippen LogP contribution in [0.5, 0.6) is 0 Å². The number of carbonyl (C=O) groups is 2. The van der Waals surface area contributed by atoms with Crippen molar-refractivity contribution in [2.45, 2.75) is 19.8 Å². The summed E-state index contributed by atoms with van der Waals surface area (Å²) in [6, 6.07) is 0. The van der Waals surface area contributed by atoms with Crippen molar-refractivity contribution in [2.75, 3.05) is 26.2 Å². The van der Waals surface area contributed by atoms with Gasteiger partial charge in [0.05, 0.1) is 6.61 Å². The molecular weight excluding hydrogens is 268 g/mol. The van der Waals surface area contributed by atoms with E-state index in [-0.39, 0.29) is 23.5 Å². The van der Waals surface area contributed by atoms with Crippen molar-refractivity contribution in [2.24, 2.45) is 5.92 Å². The van der Waals surface area contributed by atoms with Crippen molar-refractivity contribution in [1.82, 2.24) is 21.5 Å². The van der Waals surface area contributed by atoms with Crippen LogP contribution in [0, 0.1) is 5.92 Å². The molecule has 0 saturated carbocycles. The molecule has 1 amide bonds. The van der Waals surface area contributed by atoms with Crippen molar-refractivity contribution in [3.8, 4) is 0 Å². The molecule has 0 spiro atoms. The number of amides is 1. The zero-order valence-electron chi connectivity index (χ0n) is 11.0. The number of piperidine rings is 1. The van der Waals surface area contributed by atoms with Crippen LogP contribution in [0.3, 0.4) is 0 Å². The van der Waals surface area contributed by atoms with E-state index in [2.05, 4.69) is 21.5 Å². The van der Waals surface area contributed by atoms with Gasteiger partial charge in [0.2, 0.25) is 5.91 Å². The van der Waals surface area contributed by atoms with Crippen molar-refractivity contribution in [3.63, 3.8) is 0 Å². The molecule has 1 rings (SSSR count). The Morgan fingerprint density at radius 1 is 1.32 bits per heavy atom. The lowest BCUT2D eigenvalue weighted by molar-refractivity contribution is -0.141. The molecule has 1 saturated heterocycles. The molecule has 0 aromatic carbocycles. The van der Waals surface area contributed by atoms with E-state index >= 15 is 0 Å². The van der Waals surface area contributed by atoms with E-state index in [9.17, 15) is 9.59 Å². The summed E-state index contributed by atoms with van der Waals surface area (Å²) in [5, 5.41) is 6.02. The summed E-state index contributed by atoms with van der Waals surface area (Å²) in [6.07, 6.45) is 1.63. The zero-order valence-corrected chi connectivity index (χ0v) is 11.8. The predicted molar refractivity (Wildman–Crippen MR) is 74.1 cm³/mol. The van der Waals surface area contributed by atoms with Crippen molar-refractivity contribution in [3.05, 3.63) is 0 Å². The third-order valence-electron chi connectivity index (χ3n) is 2.71. The molecule has 0 atom stereocenters. The first-order valence-electron chi connectivity index (χ1n) is 6.33. The third-order valence-corrected chi connectivity index (χ3v) is 2.95. The Labute approximate surface area is 117 Å². The maximum Gasteiger partial charge on any atom is 0.325 e. The quantitative estimate of drug-likeness (QED) is 0.301. The van der Waals surface area contributed by atoms with Gasteiger partial charge in [-0.05, 0) is 45.1 Å². The second-order valence-electron chi connectivity index (χ2n) is 4.13. The molecule has 4 N–H and O–H groups in total. The number of hydrogen-bond acceptors (Lipinski definition) is 5. The molecule has 1 fully saturated rings. The van der Waals surface area contributed by atoms with Gasteiger partial charge in [-0.3, -0.25) is 20.4 Å². The highest BCUT2D eigenvalue weighted by Gasteiger charge is 2.20. The first-order valence-corrected chi connectivity index (χ1v) is 6.74. The molecule has 1 aliphatic rings. The molecule has 0 aromatic heterocycles. The van der Waals surface area contributed by atoms with Gasteiger partial charge in [0, 0.05) is 5.92 Å². The van der Waals surface area contributed by atoms with Crippen LogP contribution in [0.2, 0.25) is 0 Å². The van der Waals surface area contributed by atoms with Crippen LogP contribution in [0.15, 0.2) is 0 Å². The zero-order chi connectivity index (χ0) is 14.1. The van der Waals surface area contributed by atoms with Gasteiger partial charge in [-0.1, -0.05) is 0 Å². The molecule has 0 aromatic rings. The number of hydrogen-bond donors (Lipinski definition) is 4. The van der Waals surface area contributed by atoms with E-state index in [4.69, 9.17) is 17.0 Å². The van der Waals surface area contributed by atoms with Crippen LogP contribution >= 0.6 is 12.2 Å². The summed E-state index contributed by atoms with van der Waals surface area (Å²) < 4.78 is 4.73. The maximum absolute atomic E-state index is 11.8. The monoisotopic (exact) mass is 288 g/mol. The Hall–Kier alpha value is -1.41. The van der Waals surface area contributed by atoms with Crippen LogP contribution < -0.4 is 21.5 Å². The highest BCUT2D eigenvalue weighted by molar-refractivity contribution is 7.80. The van der Waals surface area contributed by atoms with Gasteiger partial charge in [0.25, 0.3) is 0 Å². The number of thiocarbonyl (C=S) groups is 1. The lowest BCUT2D eigenvalue weighted by Gasteiger charge is -2.22. The maximum atomic E-state index is 11.8. The Morgan fingerprint density at radius 3 is 2.63 bits per heavy atom. The minimum absolute atomic E-state index is 0.00149. The van der Waals surface area contributed by atoms with Gasteiger partial charge in [0.1, 0.15) is 6.54 Å². The fourth-order valence-electron chi connectivity index (χ4n) is 1.71. The number of rotatable bonds is 4. The number of esters is 1. The minimum Gasteiger partial charge on any atom is -0.465 e. The van der Waals surface area contributed by atoms with E-state index in [1.54, 1.807) is 6.92 Å². The Morgan fingerprint density at radius 2 is 2.00 bits per heavy atom. The number of nitrogens with one attached hydrogen (secondary N) is 4. The molecule has 0 aliphatic carbocycles. The Bertz CT molecular complexity index is 332. The topological polar surface area (TPSA) is 91.5 Å². The highest BCUT2D eigenvalue weighted by Crippen LogP contribution is 2.10. The molecule has 8 heteroatoms. The van der Waals surface area contributed by atoms with E-state index in [0.717, 1.165) is 25.9 Å². The molecule has 19 heavy (non-hydrogen) atoms.